The highest BCUT2D eigenvalue weighted by Crippen LogP contribution is 2.36. The van der Waals surface area contributed by atoms with Gasteiger partial charge in [-0.05, 0) is 22.0 Å². The Morgan fingerprint density at radius 1 is 1.55 bits per heavy atom. The van der Waals surface area contributed by atoms with Crippen LogP contribution in [-0.2, 0) is 0 Å². The van der Waals surface area contributed by atoms with Crippen LogP contribution in [0.25, 0.3) is 0 Å². The fourth-order valence-corrected chi connectivity index (χ4v) is 1.70. The molecule has 11 heavy (non-hydrogen) atoms. The molecule has 0 aliphatic carbocycles. The molecule has 0 unspecified atom stereocenters. The second-order valence-electron chi connectivity index (χ2n) is 1.94. The van der Waals surface area contributed by atoms with Crippen LogP contribution in [0, 0.1) is 0 Å². The van der Waals surface area contributed by atoms with Crippen LogP contribution < -0.4 is 4.74 Å². The van der Waals surface area contributed by atoms with Crippen LogP contribution in [0.15, 0.2) is 16.6 Å². The van der Waals surface area contributed by atoms with E-state index in [1.165, 1.54) is 13.2 Å². The first-order chi connectivity index (χ1) is 5.15. The van der Waals surface area contributed by atoms with E-state index in [1.54, 1.807) is 6.07 Å². The number of phenolic OH excluding ortho intramolecular Hbond substituents is 1. The van der Waals surface area contributed by atoms with Crippen molar-refractivity contribution >= 4 is 27.5 Å². The summed E-state index contributed by atoms with van der Waals surface area (Å²) in [4.78, 5) is 0. The minimum Gasteiger partial charge on any atom is -0.504 e. The zero-order valence-corrected chi connectivity index (χ0v) is 8.11. The lowest BCUT2D eigenvalue weighted by molar-refractivity contribution is 0.371. The number of hydrogen-bond acceptors (Lipinski definition) is 2. The van der Waals surface area contributed by atoms with Crippen molar-refractivity contribution in [3.8, 4) is 11.5 Å². The van der Waals surface area contributed by atoms with Gasteiger partial charge in [-0.15, -0.1) is 0 Å². The second-order valence-corrected chi connectivity index (χ2v) is 3.23. The number of halogens is 2. The molecule has 1 rings (SSSR count). The summed E-state index contributed by atoms with van der Waals surface area (Å²) >= 11 is 8.82. The van der Waals surface area contributed by atoms with E-state index in [4.69, 9.17) is 16.3 Å². The van der Waals surface area contributed by atoms with E-state index in [1.807, 2.05) is 0 Å². The Morgan fingerprint density at radius 2 is 2.18 bits per heavy atom. The lowest BCUT2D eigenvalue weighted by Gasteiger charge is -2.05. The highest BCUT2D eigenvalue weighted by molar-refractivity contribution is 9.10. The lowest BCUT2D eigenvalue weighted by atomic mass is 10.3. The van der Waals surface area contributed by atoms with Crippen LogP contribution in [0.2, 0.25) is 5.02 Å². The summed E-state index contributed by atoms with van der Waals surface area (Å²) in [5.74, 6) is 0.432. The van der Waals surface area contributed by atoms with Crippen LogP contribution in [0.4, 0.5) is 0 Å². The van der Waals surface area contributed by atoms with Gasteiger partial charge in [-0.3, -0.25) is 0 Å². The van der Waals surface area contributed by atoms with E-state index in [0.29, 0.717) is 15.2 Å². The van der Waals surface area contributed by atoms with Gasteiger partial charge in [0.15, 0.2) is 11.5 Å². The maximum absolute atomic E-state index is 9.23. The molecule has 0 aliphatic rings. The van der Waals surface area contributed by atoms with E-state index >= 15 is 0 Å². The average Bonchev–Trinajstić information content (AvgIpc) is 1.85. The molecule has 0 aliphatic heterocycles. The Bertz CT molecular complexity index is 252. The number of phenols is 1. The van der Waals surface area contributed by atoms with E-state index in [9.17, 15) is 5.11 Å². The third-order valence-corrected chi connectivity index (χ3v) is 2.00. The third-order valence-electron chi connectivity index (χ3n) is 1.19. The van der Waals surface area contributed by atoms with E-state index in [-0.39, 0.29) is 5.75 Å². The van der Waals surface area contributed by atoms with E-state index in [0.717, 1.165) is 0 Å². The summed E-state index contributed by atoms with van der Waals surface area (Å²) in [6.45, 7) is 0. The van der Waals surface area contributed by atoms with Crippen LogP contribution in [0.3, 0.4) is 0 Å². The monoisotopic (exact) mass is 236 g/mol. The summed E-state index contributed by atoms with van der Waals surface area (Å²) in [6.07, 6.45) is 0. The molecule has 0 heterocycles. The van der Waals surface area contributed by atoms with Crippen molar-refractivity contribution in [3.05, 3.63) is 21.6 Å². The second kappa shape index (κ2) is 3.32. The summed E-state index contributed by atoms with van der Waals surface area (Å²) < 4.78 is 5.52. The summed E-state index contributed by atoms with van der Waals surface area (Å²) in [6, 6.07) is 3.07. The molecule has 0 saturated carbocycles. The Labute approximate surface area is 77.9 Å². The Morgan fingerprint density at radius 3 is 2.64 bits per heavy atom. The quantitative estimate of drug-likeness (QED) is 0.814. The Balaban J connectivity index is 3.25. The van der Waals surface area contributed by atoms with Gasteiger partial charge in [0.1, 0.15) is 0 Å². The highest BCUT2D eigenvalue weighted by Gasteiger charge is 2.06. The fraction of sp³-hybridized carbons (Fsp3) is 0.143. The number of ether oxygens (including phenoxy) is 1. The molecular formula is C7H6BrClO2. The van der Waals surface area contributed by atoms with Crippen molar-refractivity contribution in [2.24, 2.45) is 0 Å². The minimum absolute atomic E-state index is 0.0341. The van der Waals surface area contributed by atoms with Crippen LogP contribution in [0.5, 0.6) is 11.5 Å². The van der Waals surface area contributed by atoms with Crippen molar-refractivity contribution in [1.29, 1.82) is 0 Å². The van der Waals surface area contributed by atoms with Gasteiger partial charge in [-0.1, -0.05) is 11.6 Å². The largest absolute Gasteiger partial charge is 0.504 e. The molecule has 0 fully saturated rings. The molecule has 1 N–H and O–H groups in total. The van der Waals surface area contributed by atoms with Gasteiger partial charge in [0.2, 0.25) is 0 Å². The first-order valence-corrected chi connectivity index (χ1v) is 4.04. The number of aromatic hydroxyl groups is 1. The van der Waals surface area contributed by atoms with Crippen LogP contribution >= 0.6 is 27.5 Å². The molecule has 60 valence electrons. The molecule has 1 aromatic carbocycles. The molecule has 0 aromatic heterocycles. The molecule has 0 spiro atoms. The molecule has 0 radical (unpaired) electrons. The van der Waals surface area contributed by atoms with Crippen molar-refractivity contribution in [1.82, 2.24) is 0 Å². The zero-order valence-electron chi connectivity index (χ0n) is 5.77. The van der Waals surface area contributed by atoms with Gasteiger partial charge in [-0.25, -0.2) is 0 Å². The van der Waals surface area contributed by atoms with E-state index in [2.05, 4.69) is 15.9 Å². The molecule has 0 bridgehead atoms. The zero-order chi connectivity index (χ0) is 8.43. The van der Waals surface area contributed by atoms with Gasteiger partial charge >= 0.3 is 0 Å². The smallest absolute Gasteiger partial charge is 0.174 e. The minimum atomic E-state index is 0.0341. The number of methoxy groups -OCH3 is 1. The van der Waals surface area contributed by atoms with Crippen LogP contribution in [-0.4, -0.2) is 12.2 Å². The van der Waals surface area contributed by atoms with Gasteiger partial charge in [0.25, 0.3) is 0 Å². The first kappa shape index (κ1) is 8.68. The summed E-state index contributed by atoms with van der Waals surface area (Å²) in [7, 11) is 1.48. The Kier molecular flexibility index (Phi) is 2.62. The van der Waals surface area contributed by atoms with Crippen molar-refractivity contribution < 1.29 is 9.84 Å². The molecule has 0 saturated heterocycles. The van der Waals surface area contributed by atoms with Gasteiger partial charge in [0, 0.05) is 11.1 Å². The van der Waals surface area contributed by atoms with Crippen molar-refractivity contribution in [2.45, 2.75) is 0 Å². The molecule has 0 atom stereocenters. The van der Waals surface area contributed by atoms with Crippen LogP contribution in [0.1, 0.15) is 0 Å². The molecule has 1 aromatic rings. The maximum Gasteiger partial charge on any atom is 0.174 e. The maximum atomic E-state index is 9.23. The normalized spacial score (nSPS) is 9.73. The molecule has 0 amide bonds. The Hall–Kier alpha value is -0.410. The summed E-state index contributed by atoms with van der Waals surface area (Å²) in [5, 5.41) is 9.70. The average molecular weight is 237 g/mol. The van der Waals surface area contributed by atoms with Crippen molar-refractivity contribution in [3.63, 3.8) is 0 Å². The third kappa shape index (κ3) is 1.79. The van der Waals surface area contributed by atoms with Gasteiger partial charge < -0.3 is 9.84 Å². The predicted octanol–water partition coefficient (Wildman–Crippen LogP) is 2.82. The number of benzene rings is 1. The van der Waals surface area contributed by atoms with Gasteiger partial charge in [-0.2, -0.15) is 0 Å². The van der Waals surface area contributed by atoms with E-state index < -0.39 is 0 Å². The van der Waals surface area contributed by atoms with Gasteiger partial charge in [0.05, 0.1) is 11.6 Å². The highest BCUT2D eigenvalue weighted by atomic mass is 79.9. The molecule has 4 heteroatoms. The standard InChI is InChI=1S/C7H6BrClO2/c1-11-7-5(8)2-4(9)3-6(7)10/h2-3,10H,1H3. The fourth-order valence-electron chi connectivity index (χ4n) is 0.749. The molecular weight excluding hydrogens is 231 g/mol. The first-order valence-electron chi connectivity index (χ1n) is 2.87. The predicted molar refractivity (Wildman–Crippen MR) is 47.4 cm³/mol. The summed E-state index contributed by atoms with van der Waals surface area (Å²) in [5.41, 5.74) is 0. The lowest BCUT2D eigenvalue weighted by Crippen LogP contribution is -1.84. The number of hydrogen-bond donors (Lipinski definition) is 1. The number of rotatable bonds is 1. The topological polar surface area (TPSA) is 29.5 Å². The van der Waals surface area contributed by atoms with Crippen molar-refractivity contribution in [2.75, 3.05) is 7.11 Å². The SMILES string of the molecule is COc1c(O)cc(Cl)cc1Br. The molecule has 2 nitrogen and oxygen atoms in total.